The molecule has 0 amide bonds. The van der Waals surface area contributed by atoms with E-state index in [2.05, 4.69) is 12.1 Å². The van der Waals surface area contributed by atoms with Crippen molar-refractivity contribution in [2.75, 3.05) is 0 Å². The smallest absolute Gasteiger partial charge is 0.0733 e. The average Bonchev–Trinajstić information content (AvgIpc) is 2.66. The topological polar surface area (TPSA) is 0 Å². The molecular formula is C12H10Cl2S. The molecular weight excluding hydrogens is 247 g/mol. The SMILES string of the molecule is Clc1ccsc1C(Cl)Cc1ccccc1. The van der Waals surface area contributed by atoms with Crippen LogP contribution < -0.4 is 0 Å². The van der Waals surface area contributed by atoms with Crippen LogP contribution in [0.3, 0.4) is 0 Å². The fraction of sp³-hybridized carbons (Fsp3) is 0.167. The van der Waals surface area contributed by atoms with Crippen LogP contribution in [0.5, 0.6) is 0 Å². The molecule has 2 aromatic rings. The quantitative estimate of drug-likeness (QED) is 0.684. The molecule has 1 aromatic heterocycles. The number of alkyl halides is 1. The molecule has 0 aliphatic heterocycles. The molecule has 0 saturated heterocycles. The van der Waals surface area contributed by atoms with Crippen LogP contribution in [-0.2, 0) is 6.42 Å². The molecule has 1 heterocycles. The largest absolute Gasteiger partial charge is 0.146 e. The van der Waals surface area contributed by atoms with Crippen molar-refractivity contribution in [2.45, 2.75) is 11.8 Å². The van der Waals surface area contributed by atoms with Crippen LogP contribution in [-0.4, -0.2) is 0 Å². The Labute approximate surface area is 103 Å². The first-order valence-corrected chi connectivity index (χ1v) is 6.37. The van der Waals surface area contributed by atoms with Crippen molar-refractivity contribution in [3.05, 3.63) is 57.2 Å². The van der Waals surface area contributed by atoms with Gasteiger partial charge in [-0.15, -0.1) is 22.9 Å². The number of halogens is 2. The van der Waals surface area contributed by atoms with Crippen molar-refractivity contribution in [3.8, 4) is 0 Å². The van der Waals surface area contributed by atoms with E-state index in [9.17, 15) is 0 Å². The monoisotopic (exact) mass is 256 g/mol. The van der Waals surface area contributed by atoms with Crippen molar-refractivity contribution in [1.29, 1.82) is 0 Å². The third-order valence-corrected chi connectivity index (χ3v) is 4.16. The van der Waals surface area contributed by atoms with E-state index in [1.165, 1.54) is 5.56 Å². The molecule has 0 aliphatic rings. The van der Waals surface area contributed by atoms with E-state index in [4.69, 9.17) is 23.2 Å². The molecule has 0 N–H and O–H groups in total. The van der Waals surface area contributed by atoms with Crippen LogP contribution in [0.1, 0.15) is 15.8 Å². The lowest BCUT2D eigenvalue weighted by Crippen LogP contribution is -1.93. The van der Waals surface area contributed by atoms with Crippen LogP contribution in [0.25, 0.3) is 0 Å². The maximum atomic E-state index is 6.31. The van der Waals surface area contributed by atoms with Crippen molar-refractivity contribution in [2.24, 2.45) is 0 Å². The second-order valence-corrected chi connectivity index (χ2v) is 5.17. The van der Waals surface area contributed by atoms with Gasteiger partial charge in [-0.05, 0) is 23.4 Å². The molecule has 0 nitrogen and oxygen atoms in total. The second-order valence-electron chi connectivity index (χ2n) is 3.29. The summed E-state index contributed by atoms with van der Waals surface area (Å²) in [6, 6.07) is 12.1. The summed E-state index contributed by atoms with van der Waals surface area (Å²) in [6.07, 6.45) is 0.822. The van der Waals surface area contributed by atoms with Gasteiger partial charge in [0.05, 0.1) is 10.4 Å². The highest BCUT2D eigenvalue weighted by Gasteiger charge is 2.13. The Bertz CT molecular complexity index is 422. The molecule has 2 rings (SSSR count). The maximum absolute atomic E-state index is 6.31. The van der Waals surface area contributed by atoms with E-state index in [0.29, 0.717) is 0 Å². The molecule has 0 spiro atoms. The summed E-state index contributed by atoms with van der Waals surface area (Å²) in [6.45, 7) is 0. The Balaban J connectivity index is 2.11. The Kier molecular flexibility index (Phi) is 3.68. The van der Waals surface area contributed by atoms with Crippen LogP contribution >= 0.6 is 34.5 Å². The van der Waals surface area contributed by atoms with Gasteiger partial charge in [0.1, 0.15) is 0 Å². The Morgan fingerprint density at radius 2 is 1.87 bits per heavy atom. The van der Waals surface area contributed by atoms with Crippen molar-refractivity contribution >= 4 is 34.5 Å². The lowest BCUT2D eigenvalue weighted by atomic mass is 10.1. The summed E-state index contributed by atoms with van der Waals surface area (Å²) in [5, 5.41) is 2.72. The first-order valence-electron chi connectivity index (χ1n) is 4.68. The molecule has 1 aromatic carbocycles. The van der Waals surface area contributed by atoms with Gasteiger partial charge in [0.15, 0.2) is 0 Å². The molecule has 15 heavy (non-hydrogen) atoms. The number of hydrogen-bond acceptors (Lipinski definition) is 1. The standard InChI is InChI=1S/C12H10Cl2S/c13-10-6-7-15-12(10)11(14)8-9-4-2-1-3-5-9/h1-7,11H,8H2. The maximum Gasteiger partial charge on any atom is 0.0733 e. The molecule has 0 fully saturated rings. The minimum Gasteiger partial charge on any atom is -0.146 e. The van der Waals surface area contributed by atoms with Gasteiger partial charge >= 0.3 is 0 Å². The third kappa shape index (κ3) is 2.75. The Hall–Kier alpha value is -0.500. The lowest BCUT2D eigenvalue weighted by molar-refractivity contribution is 0.940. The summed E-state index contributed by atoms with van der Waals surface area (Å²) in [4.78, 5) is 1.06. The van der Waals surface area contributed by atoms with Crippen molar-refractivity contribution < 1.29 is 0 Å². The van der Waals surface area contributed by atoms with E-state index < -0.39 is 0 Å². The molecule has 1 unspecified atom stereocenters. The first kappa shape index (κ1) is 11.0. The number of hydrogen-bond donors (Lipinski definition) is 0. The van der Waals surface area contributed by atoms with E-state index in [1.54, 1.807) is 11.3 Å². The molecule has 78 valence electrons. The summed E-state index contributed by atoms with van der Waals surface area (Å²) in [7, 11) is 0. The fourth-order valence-electron chi connectivity index (χ4n) is 1.44. The van der Waals surface area contributed by atoms with Gasteiger partial charge in [-0.1, -0.05) is 41.9 Å². The van der Waals surface area contributed by atoms with E-state index >= 15 is 0 Å². The summed E-state index contributed by atoms with van der Waals surface area (Å²) in [5.74, 6) is 0. The predicted octanol–water partition coefficient (Wildman–Crippen LogP) is 4.92. The summed E-state index contributed by atoms with van der Waals surface area (Å²) in [5.41, 5.74) is 1.24. The van der Waals surface area contributed by atoms with Gasteiger partial charge in [0, 0.05) is 4.88 Å². The number of rotatable bonds is 3. The molecule has 3 heteroatoms. The van der Waals surface area contributed by atoms with E-state index in [1.807, 2.05) is 29.6 Å². The van der Waals surface area contributed by atoms with Gasteiger partial charge < -0.3 is 0 Å². The van der Waals surface area contributed by atoms with Crippen LogP contribution in [0.15, 0.2) is 41.8 Å². The van der Waals surface area contributed by atoms with Crippen LogP contribution in [0.2, 0.25) is 5.02 Å². The summed E-state index contributed by atoms with van der Waals surface area (Å²) >= 11 is 14.0. The molecule has 0 aliphatic carbocycles. The molecule has 0 radical (unpaired) electrons. The Morgan fingerprint density at radius 1 is 1.13 bits per heavy atom. The molecule has 0 saturated carbocycles. The van der Waals surface area contributed by atoms with Gasteiger partial charge in [-0.3, -0.25) is 0 Å². The van der Waals surface area contributed by atoms with Gasteiger partial charge in [0.25, 0.3) is 0 Å². The minimum atomic E-state index is -0.0279. The van der Waals surface area contributed by atoms with Gasteiger partial charge in [-0.2, -0.15) is 0 Å². The van der Waals surface area contributed by atoms with Crippen molar-refractivity contribution in [1.82, 2.24) is 0 Å². The fourth-order valence-corrected chi connectivity index (χ4v) is 3.11. The number of benzene rings is 1. The predicted molar refractivity (Wildman–Crippen MR) is 68.1 cm³/mol. The molecule has 0 bridgehead atoms. The van der Waals surface area contributed by atoms with Gasteiger partial charge in [0.2, 0.25) is 0 Å². The highest BCUT2D eigenvalue weighted by Crippen LogP contribution is 2.34. The Morgan fingerprint density at radius 3 is 2.47 bits per heavy atom. The lowest BCUT2D eigenvalue weighted by Gasteiger charge is -2.07. The molecule has 1 atom stereocenters. The van der Waals surface area contributed by atoms with Crippen LogP contribution in [0, 0.1) is 0 Å². The van der Waals surface area contributed by atoms with E-state index in [0.717, 1.165) is 16.3 Å². The van der Waals surface area contributed by atoms with E-state index in [-0.39, 0.29) is 5.38 Å². The zero-order valence-corrected chi connectivity index (χ0v) is 10.3. The minimum absolute atomic E-state index is 0.0279. The number of thiophene rings is 1. The average molecular weight is 257 g/mol. The normalized spacial score (nSPS) is 12.7. The van der Waals surface area contributed by atoms with Crippen molar-refractivity contribution in [3.63, 3.8) is 0 Å². The zero-order chi connectivity index (χ0) is 10.7. The highest BCUT2D eigenvalue weighted by molar-refractivity contribution is 7.11. The first-order chi connectivity index (χ1) is 7.27. The van der Waals surface area contributed by atoms with Crippen LogP contribution in [0.4, 0.5) is 0 Å². The van der Waals surface area contributed by atoms with Gasteiger partial charge in [-0.25, -0.2) is 0 Å². The third-order valence-electron chi connectivity index (χ3n) is 2.19. The highest BCUT2D eigenvalue weighted by atomic mass is 35.5. The summed E-state index contributed by atoms with van der Waals surface area (Å²) < 4.78 is 0. The zero-order valence-electron chi connectivity index (χ0n) is 7.99. The second kappa shape index (κ2) is 5.02.